The monoisotopic (exact) mass is 390 g/mol. The number of nitrogen functional groups attached to an aromatic ring is 1. The Kier molecular flexibility index (Phi) is 4.85. The van der Waals surface area contributed by atoms with Crippen LogP contribution in [0.1, 0.15) is 30.4 Å². The van der Waals surface area contributed by atoms with Crippen molar-refractivity contribution in [3.8, 4) is 23.0 Å². The summed E-state index contributed by atoms with van der Waals surface area (Å²) in [7, 11) is 0. The Morgan fingerprint density at radius 1 is 1.18 bits per heavy atom. The summed E-state index contributed by atoms with van der Waals surface area (Å²) in [4.78, 5) is 21.1. The van der Waals surface area contributed by atoms with Gasteiger partial charge in [0.15, 0.2) is 5.65 Å². The highest BCUT2D eigenvalue weighted by molar-refractivity contribution is 5.83. The van der Waals surface area contributed by atoms with Gasteiger partial charge >= 0.3 is 11.9 Å². The van der Waals surface area contributed by atoms with Crippen LogP contribution in [0.5, 0.6) is 0 Å². The fourth-order valence-corrected chi connectivity index (χ4v) is 2.93. The molecule has 0 unspecified atom stereocenters. The highest BCUT2D eigenvalue weighted by atomic mass is 19.4. The average Bonchev–Trinajstić information content (AvgIpc) is 2.89. The van der Waals surface area contributed by atoms with Crippen LogP contribution in [0.2, 0.25) is 0 Å². The average molecular weight is 390 g/mol. The first-order valence-corrected chi connectivity index (χ1v) is 8.35. The molecular formula is C18H17F3N6O. The largest absolute Gasteiger partial charge is 0.390 e. The second kappa shape index (κ2) is 6.99. The van der Waals surface area contributed by atoms with Crippen LogP contribution < -0.4 is 11.4 Å². The third kappa shape index (κ3) is 3.69. The van der Waals surface area contributed by atoms with Crippen LogP contribution in [0.25, 0.3) is 16.8 Å². The van der Waals surface area contributed by atoms with Crippen molar-refractivity contribution >= 4 is 11.6 Å². The number of aryl methyl sites for hydroxylation is 3. The summed E-state index contributed by atoms with van der Waals surface area (Å²) >= 11 is 0. The van der Waals surface area contributed by atoms with E-state index in [4.69, 9.17) is 5.73 Å². The van der Waals surface area contributed by atoms with E-state index in [1.54, 1.807) is 32.9 Å². The molecule has 0 aliphatic rings. The molecule has 0 saturated carbocycles. The SMILES string of the molecule is CC#Cc1nc(N)n2c(=O)n(CCC(F)(F)F)nc2c1-c1cc(C)nc(C)c1. The number of pyridine rings is 1. The van der Waals surface area contributed by atoms with Crippen molar-refractivity contribution in [3.63, 3.8) is 0 Å². The van der Waals surface area contributed by atoms with E-state index in [0.29, 0.717) is 11.1 Å². The van der Waals surface area contributed by atoms with Gasteiger partial charge in [0.25, 0.3) is 0 Å². The van der Waals surface area contributed by atoms with Crippen molar-refractivity contribution in [2.24, 2.45) is 0 Å². The van der Waals surface area contributed by atoms with Crippen LogP contribution in [0.3, 0.4) is 0 Å². The third-order valence-electron chi connectivity index (χ3n) is 3.98. The minimum atomic E-state index is -4.42. The number of hydrogen-bond donors (Lipinski definition) is 1. The van der Waals surface area contributed by atoms with Gasteiger partial charge in [0, 0.05) is 11.4 Å². The van der Waals surface area contributed by atoms with E-state index in [-0.39, 0.29) is 17.3 Å². The number of fused-ring (bicyclic) bond motifs is 1. The first-order chi connectivity index (χ1) is 13.1. The molecule has 3 aromatic rings. The van der Waals surface area contributed by atoms with Crippen molar-refractivity contribution in [2.45, 2.75) is 39.9 Å². The summed E-state index contributed by atoms with van der Waals surface area (Å²) in [6, 6.07) is 3.53. The Bertz CT molecular complexity index is 1160. The Morgan fingerprint density at radius 3 is 2.39 bits per heavy atom. The summed E-state index contributed by atoms with van der Waals surface area (Å²) in [6.07, 6.45) is -5.60. The van der Waals surface area contributed by atoms with Gasteiger partial charge in [-0.25, -0.2) is 18.9 Å². The molecule has 0 spiro atoms. The van der Waals surface area contributed by atoms with Crippen LogP contribution in [0.15, 0.2) is 16.9 Å². The zero-order valence-corrected chi connectivity index (χ0v) is 15.4. The van der Waals surface area contributed by atoms with E-state index in [1.165, 1.54) is 0 Å². The molecule has 0 bridgehead atoms. The summed E-state index contributed by atoms with van der Waals surface area (Å²) in [5.74, 6) is 5.36. The lowest BCUT2D eigenvalue weighted by molar-refractivity contribution is -0.137. The first kappa shape index (κ1) is 19.4. The standard InChI is InChI=1S/C18H17F3N6O/c1-4-5-13-14(12-8-10(2)23-11(3)9-12)15-25-26(7-6-18(19,20)21)17(28)27(15)16(22)24-13/h8-9H,6-7H2,1-3H3,(H2,22,24). The van der Waals surface area contributed by atoms with Crippen LogP contribution in [0, 0.1) is 25.7 Å². The van der Waals surface area contributed by atoms with Gasteiger partial charge in [-0.2, -0.15) is 13.2 Å². The molecule has 10 heteroatoms. The van der Waals surface area contributed by atoms with Crippen molar-refractivity contribution < 1.29 is 13.2 Å². The zero-order chi connectivity index (χ0) is 20.6. The van der Waals surface area contributed by atoms with Crippen molar-refractivity contribution in [1.29, 1.82) is 0 Å². The van der Waals surface area contributed by atoms with Crippen molar-refractivity contribution in [2.75, 3.05) is 5.73 Å². The summed E-state index contributed by atoms with van der Waals surface area (Å²) in [5, 5.41) is 4.11. The van der Waals surface area contributed by atoms with Gasteiger partial charge in [-0.3, -0.25) is 4.98 Å². The molecule has 3 aromatic heterocycles. The summed E-state index contributed by atoms with van der Waals surface area (Å²) < 4.78 is 39.5. The van der Waals surface area contributed by atoms with Crippen LogP contribution in [-0.4, -0.2) is 30.3 Å². The first-order valence-electron chi connectivity index (χ1n) is 8.35. The Labute approximate surface area is 158 Å². The predicted molar refractivity (Wildman–Crippen MR) is 97.6 cm³/mol. The van der Waals surface area contributed by atoms with Gasteiger partial charge < -0.3 is 5.73 Å². The number of halogens is 3. The number of hydrogen-bond acceptors (Lipinski definition) is 5. The van der Waals surface area contributed by atoms with E-state index in [1.807, 2.05) is 0 Å². The second-order valence-electron chi connectivity index (χ2n) is 6.24. The van der Waals surface area contributed by atoms with Gasteiger partial charge in [-0.1, -0.05) is 5.92 Å². The Balaban J connectivity index is 2.33. The van der Waals surface area contributed by atoms with Gasteiger partial charge in [-0.05, 0) is 44.4 Å². The number of nitrogens with zero attached hydrogens (tertiary/aromatic N) is 5. The van der Waals surface area contributed by atoms with Crippen LogP contribution >= 0.6 is 0 Å². The van der Waals surface area contributed by atoms with E-state index >= 15 is 0 Å². The molecule has 0 aliphatic heterocycles. The third-order valence-corrected chi connectivity index (χ3v) is 3.98. The predicted octanol–water partition coefficient (Wildman–Crippen LogP) is 2.48. The molecule has 0 saturated heterocycles. The van der Waals surface area contributed by atoms with Crippen molar-refractivity contribution in [1.82, 2.24) is 24.1 Å². The molecule has 146 valence electrons. The van der Waals surface area contributed by atoms with E-state index in [2.05, 4.69) is 26.9 Å². The summed E-state index contributed by atoms with van der Waals surface area (Å²) in [6.45, 7) is 4.60. The molecule has 0 radical (unpaired) electrons. The maximum atomic E-state index is 12.6. The Hall–Kier alpha value is -3.35. The second-order valence-corrected chi connectivity index (χ2v) is 6.24. The van der Waals surface area contributed by atoms with E-state index in [9.17, 15) is 18.0 Å². The number of alkyl halides is 3. The van der Waals surface area contributed by atoms with Crippen LogP contribution in [-0.2, 0) is 6.54 Å². The highest BCUT2D eigenvalue weighted by Gasteiger charge is 2.28. The molecule has 0 amide bonds. The normalized spacial score (nSPS) is 11.5. The quantitative estimate of drug-likeness (QED) is 0.694. The molecule has 28 heavy (non-hydrogen) atoms. The lowest BCUT2D eigenvalue weighted by atomic mass is 10.0. The zero-order valence-electron chi connectivity index (χ0n) is 15.4. The number of anilines is 1. The molecule has 3 rings (SSSR count). The van der Waals surface area contributed by atoms with Gasteiger partial charge in [-0.15, -0.1) is 5.10 Å². The van der Waals surface area contributed by atoms with Gasteiger partial charge in [0.1, 0.15) is 5.69 Å². The van der Waals surface area contributed by atoms with Crippen molar-refractivity contribution in [3.05, 3.63) is 39.7 Å². The van der Waals surface area contributed by atoms with Gasteiger partial charge in [0.05, 0.1) is 18.5 Å². The maximum Gasteiger partial charge on any atom is 0.390 e. The lowest BCUT2D eigenvalue weighted by Crippen LogP contribution is -2.25. The number of rotatable bonds is 3. The molecule has 2 N–H and O–H groups in total. The fraction of sp³-hybridized carbons (Fsp3) is 0.333. The molecule has 0 fully saturated rings. The summed E-state index contributed by atoms with van der Waals surface area (Å²) in [5.41, 5.74) is 7.99. The molecule has 0 aromatic carbocycles. The van der Waals surface area contributed by atoms with E-state index < -0.39 is 24.8 Å². The topological polar surface area (TPSA) is 91.1 Å². The molecule has 0 aliphatic carbocycles. The molecule has 3 heterocycles. The minimum absolute atomic E-state index is 0.0995. The fourth-order valence-electron chi connectivity index (χ4n) is 2.93. The molecule has 0 atom stereocenters. The number of nitrogens with two attached hydrogens (primary N) is 1. The highest BCUT2D eigenvalue weighted by Crippen LogP contribution is 2.28. The maximum absolute atomic E-state index is 12.6. The molecular weight excluding hydrogens is 373 g/mol. The molecule has 7 nitrogen and oxygen atoms in total. The lowest BCUT2D eigenvalue weighted by Gasteiger charge is -2.09. The number of aromatic nitrogens is 5. The van der Waals surface area contributed by atoms with Gasteiger partial charge in [0.2, 0.25) is 5.95 Å². The minimum Gasteiger partial charge on any atom is -0.369 e. The van der Waals surface area contributed by atoms with Crippen LogP contribution in [0.4, 0.5) is 19.1 Å². The Morgan fingerprint density at radius 2 is 1.82 bits per heavy atom. The van der Waals surface area contributed by atoms with E-state index in [0.717, 1.165) is 20.5 Å². The smallest absolute Gasteiger partial charge is 0.369 e.